The Morgan fingerprint density at radius 2 is 2.19 bits per heavy atom. The number of amides is 1. The van der Waals surface area contributed by atoms with E-state index in [0.717, 1.165) is 6.42 Å². The van der Waals surface area contributed by atoms with E-state index >= 15 is 0 Å². The summed E-state index contributed by atoms with van der Waals surface area (Å²) in [7, 11) is 0. The number of hydrogen-bond donors (Lipinski definition) is 2. The zero-order valence-corrected chi connectivity index (χ0v) is 12.7. The number of carboxylic acids is 1. The van der Waals surface area contributed by atoms with Crippen molar-refractivity contribution >= 4 is 35.0 Å². The smallest absolute Gasteiger partial charge is 0.337 e. The van der Waals surface area contributed by atoms with Gasteiger partial charge in [0.2, 0.25) is 5.91 Å². The largest absolute Gasteiger partial charge is 0.478 e. The number of rotatable bonds is 7. The Morgan fingerprint density at radius 3 is 2.81 bits per heavy atom. The maximum Gasteiger partial charge on any atom is 0.337 e. The van der Waals surface area contributed by atoms with Gasteiger partial charge in [0, 0.05) is 17.6 Å². The minimum absolute atomic E-state index is 0.0549. The predicted octanol–water partition coefficient (Wildman–Crippen LogP) is 2.29. The van der Waals surface area contributed by atoms with Crippen LogP contribution in [0.25, 0.3) is 0 Å². The molecule has 0 aliphatic heterocycles. The average Bonchev–Trinajstić information content (AvgIpc) is 2.99. The molecule has 5 nitrogen and oxygen atoms in total. The molecule has 0 radical (unpaired) electrons. The van der Waals surface area contributed by atoms with Crippen LogP contribution in [0.2, 0.25) is 0 Å². The Kier molecular flexibility index (Phi) is 5.77. The number of carboxylic acid groups (broad SMARTS) is 1. The molecule has 1 amide bonds. The van der Waals surface area contributed by atoms with Crippen LogP contribution in [0.3, 0.4) is 0 Å². The fourth-order valence-corrected chi connectivity index (χ4v) is 2.94. The third-order valence-corrected chi connectivity index (χ3v) is 4.49. The molecular weight excluding hydrogens is 308 g/mol. The van der Waals surface area contributed by atoms with Gasteiger partial charge in [0.15, 0.2) is 0 Å². The van der Waals surface area contributed by atoms with Crippen LogP contribution in [0.4, 0.5) is 0 Å². The van der Waals surface area contributed by atoms with Crippen molar-refractivity contribution in [2.45, 2.75) is 11.4 Å². The quantitative estimate of drug-likeness (QED) is 0.765. The Balaban J connectivity index is 1.69. The summed E-state index contributed by atoms with van der Waals surface area (Å²) in [6.45, 7) is 0.616. The van der Waals surface area contributed by atoms with Crippen LogP contribution in [-0.2, 0) is 11.2 Å². The second-order valence-electron chi connectivity index (χ2n) is 4.16. The Morgan fingerprint density at radius 1 is 1.33 bits per heavy atom. The molecule has 0 fully saturated rings. The number of hydrogen-bond acceptors (Lipinski definition) is 5. The number of carbonyl (C=O) groups is 2. The van der Waals surface area contributed by atoms with Crippen LogP contribution in [0.15, 0.2) is 40.9 Å². The Hall–Kier alpha value is -1.86. The monoisotopic (exact) mass is 322 g/mol. The molecule has 21 heavy (non-hydrogen) atoms. The van der Waals surface area contributed by atoms with E-state index < -0.39 is 5.97 Å². The molecule has 0 bridgehead atoms. The summed E-state index contributed by atoms with van der Waals surface area (Å²) in [4.78, 5) is 27.6. The van der Waals surface area contributed by atoms with Crippen molar-refractivity contribution in [2.75, 3.05) is 12.3 Å². The highest BCUT2D eigenvalue weighted by Gasteiger charge is 2.06. The van der Waals surface area contributed by atoms with Crippen LogP contribution in [0.5, 0.6) is 0 Å². The first-order valence-corrected chi connectivity index (χ1v) is 8.13. The van der Waals surface area contributed by atoms with Gasteiger partial charge in [0.25, 0.3) is 0 Å². The summed E-state index contributed by atoms with van der Waals surface area (Å²) in [5.74, 6) is -0.796. The summed E-state index contributed by atoms with van der Waals surface area (Å²) in [6, 6.07) is 7.11. The van der Waals surface area contributed by atoms with Gasteiger partial charge in [0.05, 0.1) is 16.3 Å². The summed E-state index contributed by atoms with van der Waals surface area (Å²) < 4.78 is 0. The molecule has 7 heteroatoms. The molecular formula is C14H14N2O3S2. The minimum atomic E-state index is -1.01. The predicted molar refractivity (Wildman–Crippen MR) is 83.0 cm³/mol. The number of thioether (sulfide) groups is 1. The maximum atomic E-state index is 11.7. The van der Waals surface area contributed by atoms with Gasteiger partial charge in [-0.2, -0.15) is 0 Å². The molecule has 0 aromatic carbocycles. The number of aromatic carboxylic acids is 1. The van der Waals surface area contributed by atoms with Gasteiger partial charge in [-0.3, -0.25) is 4.79 Å². The van der Waals surface area contributed by atoms with Gasteiger partial charge in [-0.1, -0.05) is 17.8 Å². The average molecular weight is 322 g/mol. The first-order valence-electron chi connectivity index (χ1n) is 6.26. The number of nitrogens with one attached hydrogen (secondary N) is 1. The second-order valence-corrected chi connectivity index (χ2v) is 6.19. The van der Waals surface area contributed by atoms with Gasteiger partial charge in [-0.15, -0.1) is 11.3 Å². The summed E-state index contributed by atoms with van der Waals surface area (Å²) >= 11 is 2.96. The van der Waals surface area contributed by atoms with Gasteiger partial charge in [-0.25, -0.2) is 9.78 Å². The van der Waals surface area contributed by atoms with E-state index in [1.165, 1.54) is 28.9 Å². The van der Waals surface area contributed by atoms with Crippen molar-refractivity contribution < 1.29 is 14.7 Å². The highest BCUT2D eigenvalue weighted by molar-refractivity contribution is 7.99. The molecule has 0 saturated heterocycles. The van der Waals surface area contributed by atoms with E-state index in [-0.39, 0.29) is 17.2 Å². The number of aromatic nitrogens is 1. The normalized spacial score (nSPS) is 10.3. The van der Waals surface area contributed by atoms with Crippen LogP contribution < -0.4 is 5.32 Å². The molecule has 2 rings (SSSR count). The fraction of sp³-hybridized carbons (Fsp3) is 0.214. The van der Waals surface area contributed by atoms with E-state index in [4.69, 9.17) is 5.11 Å². The van der Waals surface area contributed by atoms with Crippen molar-refractivity contribution in [3.8, 4) is 0 Å². The third kappa shape index (κ3) is 5.20. The summed E-state index contributed by atoms with van der Waals surface area (Å²) in [6.07, 6.45) is 2.12. The van der Waals surface area contributed by atoms with Crippen molar-refractivity contribution in [3.63, 3.8) is 0 Å². The van der Waals surface area contributed by atoms with E-state index in [1.54, 1.807) is 17.4 Å². The number of nitrogens with zero attached hydrogens (tertiary/aromatic N) is 1. The van der Waals surface area contributed by atoms with Crippen LogP contribution in [0.1, 0.15) is 15.2 Å². The number of thiophene rings is 1. The van der Waals surface area contributed by atoms with E-state index in [0.29, 0.717) is 11.6 Å². The topological polar surface area (TPSA) is 79.3 Å². The molecule has 0 unspecified atom stereocenters. The van der Waals surface area contributed by atoms with Gasteiger partial charge >= 0.3 is 5.97 Å². The lowest BCUT2D eigenvalue weighted by Crippen LogP contribution is -2.27. The standard InChI is InChI=1S/C14H14N2O3S2/c17-12(15-6-5-11-2-1-7-20-11)9-21-13-4-3-10(8-16-13)14(18)19/h1-4,7-8H,5-6,9H2,(H,15,17)(H,18,19). The highest BCUT2D eigenvalue weighted by Crippen LogP contribution is 2.15. The van der Waals surface area contributed by atoms with Crippen molar-refractivity contribution in [1.82, 2.24) is 10.3 Å². The highest BCUT2D eigenvalue weighted by atomic mass is 32.2. The molecule has 2 aromatic heterocycles. The lowest BCUT2D eigenvalue weighted by Gasteiger charge is -2.04. The molecule has 0 atom stereocenters. The molecule has 0 aliphatic carbocycles. The Labute approximate surface area is 130 Å². The minimum Gasteiger partial charge on any atom is -0.478 e. The van der Waals surface area contributed by atoms with Crippen LogP contribution >= 0.6 is 23.1 Å². The van der Waals surface area contributed by atoms with E-state index in [9.17, 15) is 9.59 Å². The first-order chi connectivity index (χ1) is 10.1. The fourth-order valence-electron chi connectivity index (χ4n) is 1.56. The number of pyridine rings is 1. The van der Waals surface area contributed by atoms with Gasteiger partial charge in [-0.05, 0) is 30.0 Å². The van der Waals surface area contributed by atoms with Crippen molar-refractivity contribution in [3.05, 3.63) is 46.3 Å². The van der Waals surface area contributed by atoms with Crippen molar-refractivity contribution in [2.24, 2.45) is 0 Å². The maximum absolute atomic E-state index is 11.7. The lowest BCUT2D eigenvalue weighted by atomic mass is 10.3. The van der Waals surface area contributed by atoms with Crippen LogP contribution in [-0.4, -0.2) is 34.3 Å². The zero-order chi connectivity index (χ0) is 15.1. The van der Waals surface area contributed by atoms with Gasteiger partial charge in [0.1, 0.15) is 0 Å². The zero-order valence-electron chi connectivity index (χ0n) is 11.1. The van der Waals surface area contributed by atoms with E-state index in [2.05, 4.69) is 10.3 Å². The molecule has 0 spiro atoms. The summed E-state index contributed by atoms with van der Waals surface area (Å²) in [5.41, 5.74) is 0.139. The molecule has 2 heterocycles. The number of carbonyl (C=O) groups excluding carboxylic acids is 1. The first kappa shape index (κ1) is 15.5. The van der Waals surface area contributed by atoms with Crippen molar-refractivity contribution in [1.29, 1.82) is 0 Å². The second kappa shape index (κ2) is 7.80. The molecule has 0 aliphatic rings. The van der Waals surface area contributed by atoms with Crippen LogP contribution in [0, 0.1) is 0 Å². The molecule has 110 valence electrons. The van der Waals surface area contributed by atoms with E-state index in [1.807, 2.05) is 17.5 Å². The molecule has 2 N–H and O–H groups in total. The third-order valence-electron chi connectivity index (χ3n) is 2.61. The lowest BCUT2D eigenvalue weighted by molar-refractivity contribution is -0.118. The molecule has 2 aromatic rings. The Bertz CT molecular complexity index is 597. The van der Waals surface area contributed by atoms with Gasteiger partial charge < -0.3 is 10.4 Å². The SMILES string of the molecule is O=C(CSc1ccc(C(=O)O)cn1)NCCc1cccs1. The summed E-state index contributed by atoms with van der Waals surface area (Å²) in [5, 5.41) is 14.3. The molecule has 0 saturated carbocycles.